The molecule has 1 atom stereocenters. The molecule has 2 aromatic heterocycles. The van der Waals surface area contributed by atoms with Crippen molar-refractivity contribution in [1.82, 2.24) is 20.3 Å². The van der Waals surface area contributed by atoms with Gasteiger partial charge in [-0.1, -0.05) is 41.9 Å². The molecule has 1 aliphatic rings. The summed E-state index contributed by atoms with van der Waals surface area (Å²) in [7, 11) is 1.55. The number of ether oxygens (including phenoxy) is 1. The zero-order valence-electron chi connectivity index (χ0n) is 24.0. The van der Waals surface area contributed by atoms with E-state index >= 15 is 4.39 Å². The minimum atomic E-state index is -0.343. The number of Topliss-reactive ketones (excluding diaryl/α,β-unsaturated/α-hetero) is 1. The first-order valence-electron chi connectivity index (χ1n) is 14.2. The fourth-order valence-electron chi connectivity index (χ4n) is 5.78. The van der Waals surface area contributed by atoms with Crippen molar-refractivity contribution in [3.63, 3.8) is 0 Å². The van der Waals surface area contributed by atoms with Gasteiger partial charge in [0, 0.05) is 49.1 Å². The number of halogens is 2. The first kappa shape index (κ1) is 28.7. The largest absolute Gasteiger partial charge is 0.496 e. The summed E-state index contributed by atoms with van der Waals surface area (Å²) in [6.07, 6.45) is 7.07. The number of anilines is 2. The molecular weight excluding hydrogens is 565 g/mol. The van der Waals surface area contributed by atoms with E-state index in [0.29, 0.717) is 76.6 Å². The number of hydrogen-bond donors (Lipinski definition) is 2. The Morgan fingerprint density at radius 3 is 2.60 bits per heavy atom. The molecule has 1 saturated carbocycles. The van der Waals surface area contributed by atoms with Gasteiger partial charge in [0.2, 0.25) is 0 Å². The molecule has 3 aromatic carbocycles. The van der Waals surface area contributed by atoms with Crippen LogP contribution in [0.2, 0.25) is 5.02 Å². The van der Waals surface area contributed by atoms with Gasteiger partial charge >= 0.3 is 0 Å². The predicted octanol–water partition coefficient (Wildman–Crippen LogP) is 7.67. The molecule has 7 nitrogen and oxygen atoms in total. The lowest BCUT2D eigenvalue weighted by atomic mass is 9.91. The van der Waals surface area contributed by atoms with Crippen molar-refractivity contribution in [3.05, 3.63) is 95.2 Å². The molecule has 6 rings (SSSR count). The van der Waals surface area contributed by atoms with Gasteiger partial charge in [-0.25, -0.2) is 14.4 Å². The summed E-state index contributed by atoms with van der Waals surface area (Å²) in [4.78, 5) is 24.8. The highest BCUT2D eigenvalue weighted by molar-refractivity contribution is 6.36. The Balaban J connectivity index is 1.29. The van der Waals surface area contributed by atoms with Crippen molar-refractivity contribution in [1.29, 1.82) is 0 Å². The molecule has 43 heavy (non-hydrogen) atoms. The van der Waals surface area contributed by atoms with Crippen LogP contribution in [0.4, 0.5) is 15.9 Å². The fourth-order valence-corrected chi connectivity index (χ4v) is 6.05. The van der Waals surface area contributed by atoms with Crippen LogP contribution in [-0.2, 0) is 11.3 Å². The molecule has 0 unspecified atom stereocenters. The van der Waals surface area contributed by atoms with Crippen LogP contribution in [0, 0.1) is 18.7 Å². The van der Waals surface area contributed by atoms with Crippen LogP contribution in [0.15, 0.2) is 73.2 Å². The summed E-state index contributed by atoms with van der Waals surface area (Å²) in [6, 6.07) is 16.9. The summed E-state index contributed by atoms with van der Waals surface area (Å²) in [5.74, 6) is 1.31. The molecule has 1 fully saturated rings. The molecule has 1 aliphatic carbocycles. The van der Waals surface area contributed by atoms with E-state index in [4.69, 9.17) is 16.3 Å². The van der Waals surface area contributed by atoms with E-state index in [9.17, 15) is 4.79 Å². The van der Waals surface area contributed by atoms with Gasteiger partial charge in [-0.15, -0.1) is 0 Å². The third-order valence-electron chi connectivity index (χ3n) is 8.03. The number of pyridine rings is 1. The second-order valence-corrected chi connectivity index (χ2v) is 11.1. The molecule has 218 valence electrons. The van der Waals surface area contributed by atoms with Crippen LogP contribution in [0.25, 0.3) is 33.3 Å². The van der Waals surface area contributed by atoms with Crippen LogP contribution >= 0.6 is 11.6 Å². The number of carbonyl (C=O) groups excluding carboxylic acids is 1. The maximum Gasteiger partial charge on any atom is 0.158 e. The van der Waals surface area contributed by atoms with Gasteiger partial charge in [0.15, 0.2) is 5.82 Å². The smallest absolute Gasteiger partial charge is 0.158 e. The second-order valence-electron chi connectivity index (χ2n) is 10.8. The first-order valence-corrected chi connectivity index (χ1v) is 14.6. The van der Waals surface area contributed by atoms with Gasteiger partial charge in [0.1, 0.15) is 22.9 Å². The number of fused-ring (bicyclic) bond motifs is 1. The number of nitrogens with one attached hydrogen (secondary N) is 2. The van der Waals surface area contributed by atoms with Crippen molar-refractivity contribution in [2.24, 2.45) is 5.92 Å². The van der Waals surface area contributed by atoms with Crippen molar-refractivity contribution < 1.29 is 13.9 Å². The van der Waals surface area contributed by atoms with Crippen LogP contribution in [0.5, 0.6) is 5.75 Å². The molecule has 2 heterocycles. The summed E-state index contributed by atoms with van der Waals surface area (Å²) in [6.45, 7) is 3.01. The molecule has 0 radical (unpaired) electrons. The Kier molecular flexibility index (Phi) is 8.31. The molecule has 0 amide bonds. The lowest BCUT2D eigenvalue weighted by Crippen LogP contribution is -2.22. The zero-order valence-corrected chi connectivity index (χ0v) is 24.7. The molecule has 0 aliphatic heterocycles. The number of hydrogen-bond acceptors (Lipinski definition) is 7. The van der Waals surface area contributed by atoms with Gasteiger partial charge < -0.3 is 15.4 Å². The van der Waals surface area contributed by atoms with Gasteiger partial charge in [-0.2, -0.15) is 0 Å². The Hall–Kier alpha value is -4.40. The van der Waals surface area contributed by atoms with Crippen LogP contribution in [-0.4, -0.2) is 34.4 Å². The summed E-state index contributed by atoms with van der Waals surface area (Å²) in [5.41, 5.74) is 6.82. The molecule has 9 heteroatoms. The predicted molar refractivity (Wildman–Crippen MR) is 168 cm³/mol. The SMILES string of the molecule is COc1cc(-c2cccc(-c3cccc(Nc4nccc5nccnc45)c3Cl)c2C)cc(F)c1CNC[C@@H]1CCC(=O)C1. The monoisotopic (exact) mass is 595 g/mol. The van der Waals surface area contributed by atoms with E-state index in [-0.39, 0.29) is 5.82 Å². The van der Waals surface area contributed by atoms with Gasteiger partial charge in [0.05, 0.1) is 23.3 Å². The maximum atomic E-state index is 15.5. The molecule has 2 N–H and O–H groups in total. The zero-order chi connectivity index (χ0) is 29.9. The first-order chi connectivity index (χ1) is 20.9. The Labute approximate surface area is 254 Å². The van der Waals surface area contributed by atoms with E-state index in [1.54, 1.807) is 37.8 Å². The van der Waals surface area contributed by atoms with Crippen molar-refractivity contribution in [3.8, 4) is 28.0 Å². The molecule has 5 aromatic rings. The lowest BCUT2D eigenvalue weighted by Gasteiger charge is -2.18. The number of carbonyl (C=O) groups is 1. The lowest BCUT2D eigenvalue weighted by molar-refractivity contribution is -0.117. The number of nitrogens with zero attached hydrogens (tertiary/aromatic N) is 3. The number of ketones is 1. The quantitative estimate of drug-likeness (QED) is 0.181. The van der Waals surface area contributed by atoms with E-state index in [2.05, 4.69) is 25.6 Å². The average Bonchev–Trinajstić information content (AvgIpc) is 3.44. The average molecular weight is 596 g/mol. The molecule has 0 saturated heterocycles. The summed E-state index contributed by atoms with van der Waals surface area (Å²) < 4.78 is 21.1. The number of rotatable bonds is 9. The van der Waals surface area contributed by atoms with Gasteiger partial charge in [-0.3, -0.25) is 9.78 Å². The van der Waals surface area contributed by atoms with Crippen molar-refractivity contribution in [2.45, 2.75) is 32.7 Å². The van der Waals surface area contributed by atoms with Crippen molar-refractivity contribution >= 4 is 39.9 Å². The van der Waals surface area contributed by atoms with E-state index in [1.807, 2.05) is 49.4 Å². The Morgan fingerprint density at radius 2 is 1.79 bits per heavy atom. The summed E-state index contributed by atoms with van der Waals surface area (Å²) in [5, 5.41) is 7.16. The van der Waals surface area contributed by atoms with Gasteiger partial charge in [-0.05, 0) is 72.3 Å². The normalized spacial score (nSPS) is 14.8. The standard InChI is InChI=1S/C34H31ClFN5O2/c1-20-24(22-16-28(36)27(31(17-22)43-2)19-37-18-21-9-10-23(42)15-21)5-3-6-25(20)26-7-4-8-29(32(26)35)41-34-33-30(11-12-40-34)38-13-14-39-33/h3-8,11-14,16-17,21,37H,9-10,15,18-19H2,1-2H3,(H,40,41)/t21-/m1/s1. The number of benzene rings is 3. The number of methoxy groups -OCH3 is 1. The van der Waals surface area contributed by atoms with Crippen LogP contribution in [0.1, 0.15) is 30.4 Å². The maximum absolute atomic E-state index is 15.5. The van der Waals surface area contributed by atoms with E-state index < -0.39 is 0 Å². The highest BCUT2D eigenvalue weighted by atomic mass is 35.5. The van der Waals surface area contributed by atoms with Crippen LogP contribution < -0.4 is 15.4 Å². The van der Waals surface area contributed by atoms with Crippen molar-refractivity contribution in [2.75, 3.05) is 19.0 Å². The van der Waals surface area contributed by atoms with E-state index in [0.717, 1.165) is 34.2 Å². The third kappa shape index (κ3) is 5.94. The molecule has 0 spiro atoms. The minimum absolute atomic E-state index is 0.304. The topological polar surface area (TPSA) is 89.0 Å². The highest BCUT2D eigenvalue weighted by Crippen LogP contribution is 2.40. The Bertz CT molecular complexity index is 1820. The van der Waals surface area contributed by atoms with Gasteiger partial charge in [0.25, 0.3) is 0 Å². The third-order valence-corrected chi connectivity index (χ3v) is 8.44. The number of aromatic nitrogens is 3. The van der Waals surface area contributed by atoms with E-state index in [1.165, 1.54) is 0 Å². The highest BCUT2D eigenvalue weighted by Gasteiger charge is 2.22. The fraction of sp³-hybridized carbons (Fsp3) is 0.235. The second kappa shape index (κ2) is 12.5. The van der Waals surface area contributed by atoms with Crippen LogP contribution in [0.3, 0.4) is 0 Å². The minimum Gasteiger partial charge on any atom is -0.496 e. The Morgan fingerprint density at radius 1 is 1.00 bits per heavy atom. The summed E-state index contributed by atoms with van der Waals surface area (Å²) >= 11 is 6.98. The molecular formula is C34H31ClFN5O2. The molecule has 0 bridgehead atoms.